The number of carbonyl (C=O) groups is 3. The predicted octanol–water partition coefficient (Wildman–Crippen LogP) is 7.83. The Morgan fingerprint density at radius 1 is 0.956 bits per heavy atom. The van der Waals surface area contributed by atoms with Crippen LogP contribution in [0.3, 0.4) is 0 Å². The molecule has 0 fully saturated rings. The van der Waals surface area contributed by atoms with Crippen LogP contribution >= 0.6 is 11.6 Å². The standard InChI is InChI=1S/C36H43ClN4O4/c1-9-35(5,6)25-14-15-29(27(19-25)36(7,8)10-2)45-21-31(42)38-26-13-11-12-24(18-26)34(44)39-30-20-32(43)41(40-30)33-23(4)16-22(3)17-28(33)37/h11-19H,9-10,20-21H2,1-8H3,(H,38,42)(H,39,40,44). The van der Waals surface area contributed by atoms with E-state index in [9.17, 15) is 14.4 Å². The van der Waals surface area contributed by atoms with E-state index >= 15 is 0 Å². The molecule has 1 heterocycles. The molecule has 0 unspecified atom stereocenters. The Morgan fingerprint density at radius 2 is 1.67 bits per heavy atom. The van der Waals surface area contributed by atoms with Crippen LogP contribution < -0.4 is 20.4 Å². The second kappa shape index (κ2) is 13.4. The summed E-state index contributed by atoms with van der Waals surface area (Å²) in [5.74, 6) is -0.206. The van der Waals surface area contributed by atoms with Gasteiger partial charge < -0.3 is 15.4 Å². The highest BCUT2D eigenvalue weighted by molar-refractivity contribution is 6.34. The van der Waals surface area contributed by atoms with Crippen LogP contribution in [0.1, 0.15) is 93.4 Å². The van der Waals surface area contributed by atoms with Gasteiger partial charge in [-0.25, -0.2) is 0 Å². The van der Waals surface area contributed by atoms with Crippen LogP contribution in [0.5, 0.6) is 5.75 Å². The monoisotopic (exact) mass is 630 g/mol. The molecule has 1 aliphatic rings. The molecule has 238 valence electrons. The molecule has 1 aliphatic heterocycles. The van der Waals surface area contributed by atoms with Crippen molar-refractivity contribution >= 4 is 46.5 Å². The van der Waals surface area contributed by atoms with E-state index in [4.69, 9.17) is 16.3 Å². The maximum atomic E-state index is 13.1. The Bertz CT molecular complexity index is 1640. The number of halogens is 1. The molecular weight excluding hydrogens is 588 g/mol. The van der Waals surface area contributed by atoms with E-state index in [1.54, 1.807) is 30.3 Å². The lowest BCUT2D eigenvalue weighted by Gasteiger charge is -2.30. The zero-order chi connectivity index (χ0) is 33.1. The molecule has 8 nitrogen and oxygen atoms in total. The molecular formula is C36H43ClN4O4. The minimum atomic E-state index is -0.455. The number of rotatable bonds is 10. The summed E-state index contributed by atoms with van der Waals surface area (Å²) in [5, 5.41) is 11.5. The molecule has 0 radical (unpaired) electrons. The van der Waals surface area contributed by atoms with Gasteiger partial charge in [-0.15, -0.1) is 0 Å². The number of hydrazone groups is 1. The highest BCUT2D eigenvalue weighted by atomic mass is 35.5. The van der Waals surface area contributed by atoms with E-state index in [1.807, 2.05) is 26.0 Å². The largest absolute Gasteiger partial charge is 0.483 e. The van der Waals surface area contributed by atoms with Crippen molar-refractivity contribution in [3.8, 4) is 5.75 Å². The molecule has 9 heteroatoms. The van der Waals surface area contributed by atoms with Gasteiger partial charge in [-0.3, -0.25) is 14.4 Å². The lowest BCUT2D eigenvalue weighted by molar-refractivity contribution is -0.118. The number of benzene rings is 3. The van der Waals surface area contributed by atoms with Crippen LogP contribution in [0.15, 0.2) is 59.7 Å². The fourth-order valence-corrected chi connectivity index (χ4v) is 5.53. The SMILES string of the molecule is CCC(C)(C)c1ccc(OCC(=O)Nc2cccc(C(=O)NC3=NN(c4c(C)cc(C)cc4Cl)C(=O)C3)c2)c(C(C)(C)CC)c1. The molecule has 0 atom stereocenters. The van der Waals surface area contributed by atoms with Crippen LogP contribution in [0.2, 0.25) is 5.02 Å². The summed E-state index contributed by atoms with van der Waals surface area (Å²) in [6.45, 7) is 16.7. The van der Waals surface area contributed by atoms with Crippen LogP contribution in [0.25, 0.3) is 0 Å². The summed E-state index contributed by atoms with van der Waals surface area (Å²) < 4.78 is 6.05. The van der Waals surface area contributed by atoms with E-state index < -0.39 is 5.91 Å². The van der Waals surface area contributed by atoms with Crippen LogP contribution in [-0.4, -0.2) is 30.2 Å². The molecule has 0 spiro atoms. The summed E-state index contributed by atoms with van der Waals surface area (Å²) in [7, 11) is 0. The second-order valence-corrected chi connectivity index (χ2v) is 13.3. The van der Waals surface area contributed by atoms with Crippen molar-refractivity contribution in [2.45, 2.75) is 85.5 Å². The van der Waals surface area contributed by atoms with Gasteiger partial charge in [0.2, 0.25) is 0 Å². The second-order valence-electron chi connectivity index (χ2n) is 12.9. The first kappa shape index (κ1) is 33.7. The van der Waals surface area contributed by atoms with Crippen molar-refractivity contribution in [3.63, 3.8) is 0 Å². The van der Waals surface area contributed by atoms with Gasteiger partial charge in [0, 0.05) is 16.8 Å². The van der Waals surface area contributed by atoms with E-state index in [-0.39, 0.29) is 41.5 Å². The first-order valence-corrected chi connectivity index (χ1v) is 15.7. The molecule has 4 rings (SSSR count). The van der Waals surface area contributed by atoms with E-state index in [2.05, 4.69) is 69.4 Å². The smallest absolute Gasteiger partial charge is 0.262 e. The van der Waals surface area contributed by atoms with Gasteiger partial charge in [-0.1, -0.05) is 77.4 Å². The number of aryl methyl sites for hydroxylation is 2. The summed E-state index contributed by atoms with van der Waals surface area (Å²) in [4.78, 5) is 38.7. The minimum Gasteiger partial charge on any atom is -0.483 e. The third-order valence-electron chi connectivity index (χ3n) is 8.67. The third-order valence-corrected chi connectivity index (χ3v) is 8.96. The van der Waals surface area contributed by atoms with Gasteiger partial charge >= 0.3 is 0 Å². The lowest BCUT2D eigenvalue weighted by Crippen LogP contribution is -2.30. The molecule has 0 aromatic heterocycles. The lowest BCUT2D eigenvalue weighted by atomic mass is 9.76. The number of nitrogens with one attached hydrogen (secondary N) is 2. The molecule has 45 heavy (non-hydrogen) atoms. The fraction of sp³-hybridized carbons (Fsp3) is 0.389. The minimum absolute atomic E-state index is 0.0267. The van der Waals surface area contributed by atoms with E-state index in [0.717, 1.165) is 29.5 Å². The molecule has 0 saturated carbocycles. The highest BCUT2D eigenvalue weighted by Gasteiger charge is 2.30. The predicted molar refractivity (Wildman–Crippen MR) is 182 cm³/mol. The first-order chi connectivity index (χ1) is 21.1. The van der Waals surface area contributed by atoms with Crippen LogP contribution in [0, 0.1) is 13.8 Å². The summed E-state index contributed by atoms with van der Waals surface area (Å²) >= 11 is 6.41. The number of nitrogens with zero attached hydrogens (tertiary/aromatic N) is 2. The van der Waals surface area contributed by atoms with Gasteiger partial charge in [-0.05, 0) is 84.5 Å². The molecule has 0 aliphatic carbocycles. The Kier molecular flexibility index (Phi) is 10.1. The van der Waals surface area contributed by atoms with Crippen molar-refractivity contribution in [1.82, 2.24) is 5.32 Å². The topological polar surface area (TPSA) is 100 Å². The van der Waals surface area contributed by atoms with Gasteiger partial charge in [0.1, 0.15) is 11.6 Å². The molecule has 2 N–H and O–H groups in total. The normalized spacial score (nSPS) is 13.5. The van der Waals surface area contributed by atoms with Crippen molar-refractivity contribution in [2.24, 2.45) is 5.10 Å². The molecule has 0 saturated heterocycles. The quantitative estimate of drug-likeness (QED) is 0.238. The van der Waals surface area contributed by atoms with Crippen LogP contribution in [0.4, 0.5) is 11.4 Å². The Morgan fingerprint density at radius 3 is 2.33 bits per heavy atom. The first-order valence-electron chi connectivity index (χ1n) is 15.3. The Hall–Kier alpha value is -4.17. The highest BCUT2D eigenvalue weighted by Crippen LogP contribution is 2.38. The third kappa shape index (κ3) is 7.74. The van der Waals surface area contributed by atoms with Crippen molar-refractivity contribution in [2.75, 3.05) is 16.9 Å². The number of hydrogen-bond acceptors (Lipinski definition) is 5. The van der Waals surface area contributed by atoms with Gasteiger partial charge in [0.05, 0.1) is 17.1 Å². The summed E-state index contributed by atoms with van der Waals surface area (Å²) in [5.41, 5.74) is 5.22. The van der Waals surface area contributed by atoms with Crippen molar-refractivity contribution in [1.29, 1.82) is 0 Å². The maximum Gasteiger partial charge on any atom is 0.262 e. The zero-order valence-electron chi connectivity index (χ0n) is 27.4. The number of carbonyl (C=O) groups excluding carboxylic acids is 3. The van der Waals surface area contributed by atoms with E-state index in [1.165, 1.54) is 10.6 Å². The Labute approximate surface area is 271 Å². The maximum absolute atomic E-state index is 13.1. The van der Waals surface area contributed by atoms with Crippen molar-refractivity contribution in [3.05, 3.63) is 87.4 Å². The number of hydrogen-bond donors (Lipinski definition) is 2. The molecule has 3 amide bonds. The number of ether oxygens (including phenoxy) is 1. The van der Waals surface area contributed by atoms with Gasteiger partial charge in [-0.2, -0.15) is 10.1 Å². The van der Waals surface area contributed by atoms with Crippen molar-refractivity contribution < 1.29 is 19.1 Å². The molecule has 3 aromatic carbocycles. The number of amides is 3. The van der Waals surface area contributed by atoms with Crippen LogP contribution in [-0.2, 0) is 20.4 Å². The van der Waals surface area contributed by atoms with Gasteiger partial charge in [0.25, 0.3) is 17.7 Å². The number of amidine groups is 1. The van der Waals surface area contributed by atoms with E-state index in [0.29, 0.717) is 27.7 Å². The van der Waals surface area contributed by atoms with Gasteiger partial charge in [0.15, 0.2) is 6.61 Å². The zero-order valence-corrected chi connectivity index (χ0v) is 28.2. The summed E-state index contributed by atoms with van der Waals surface area (Å²) in [6.07, 6.45) is 1.85. The summed E-state index contributed by atoms with van der Waals surface area (Å²) in [6, 6.07) is 16.5. The number of anilines is 2. The molecule has 3 aromatic rings. The average molecular weight is 631 g/mol. The average Bonchev–Trinajstić information content (AvgIpc) is 3.34. The fourth-order valence-electron chi connectivity index (χ4n) is 5.13. The molecule has 0 bridgehead atoms. The Balaban J connectivity index is 1.43.